The predicted molar refractivity (Wildman–Crippen MR) is 52.6 cm³/mol. The molecular weight excluding hydrogens is 245 g/mol. The van der Waals surface area contributed by atoms with Gasteiger partial charge in [-0.25, -0.2) is 13.6 Å². The van der Waals surface area contributed by atoms with E-state index in [9.17, 15) is 21.6 Å². The molecule has 1 rings (SSSR count). The number of nitrogens with zero attached hydrogens (tertiary/aromatic N) is 1. The Morgan fingerprint density at radius 3 is 2.50 bits per heavy atom. The van der Waals surface area contributed by atoms with Gasteiger partial charge >= 0.3 is 6.18 Å². The number of halogens is 3. The van der Waals surface area contributed by atoms with Crippen LogP contribution in [0.5, 0.6) is 0 Å². The number of nitrogens with two attached hydrogens (primary N) is 1. The van der Waals surface area contributed by atoms with Crippen LogP contribution in [0.4, 0.5) is 13.2 Å². The van der Waals surface area contributed by atoms with Gasteiger partial charge in [0.05, 0.1) is 11.4 Å². The highest BCUT2D eigenvalue weighted by atomic mass is 32.2. The van der Waals surface area contributed by atoms with Gasteiger partial charge in [-0.15, -0.1) is 0 Å². The first kappa shape index (κ1) is 13.0. The highest BCUT2D eigenvalue weighted by Gasteiger charge is 2.40. The first-order chi connectivity index (χ1) is 7.12. The smallest absolute Gasteiger partial charge is 0.361 e. The maximum absolute atomic E-state index is 12.4. The fourth-order valence-electron chi connectivity index (χ4n) is 1.19. The van der Waals surface area contributed by atoms with Crippen molar-refractivity contribution in [2.45, 2.75) is 19.1 Å². The summed E-state index contributed by atoms with van der Waals surface area (Å²) in [6, 6.07) is -1.76. The molecule has 0 saturated carbocycles. The zero-order valence-electron chi connectivity index (χ0n) is 8.40. The molecule has 0 fully saturated rings. The van der Waals surface area contributed by atoms with E-state index >= 15 is 0 Å². The molecule has 0 bridgehead atoms. The largest absolute Gasteiger partial charge is 0.408 e. The summed E-state index contributed by atoms with van der Waals surface area (Å²) in [7, 11) is -3.94. The molecule has 1 unspecified atom stereocenters. The summed E-state index contributed by atoms with van der Waals surface area (Å²) >= 11 is 0. The summed E-state index contributed by atoms with van der Waals surface area (Å²) in [5.41, 5.74) is 0. The van der Waals surface area contributed by atoms with Crippen LogP contribution in [0.15, 0.2) is 23.3 Å². The van der Waals surface area contributed by atoms with E-state index in [2.05, 4.69) is 0 Å². The van der Waals surface area contributed by atoms with E-state index in [4.69, 9.17) is 5.14 Å². The Morgan fingerprint density at radius 2 is 2.06 bits per heavy atom. The lowest BCUT2D eigenvalue weighted by Crippen LogP contribution is -2.43. The van der Waals surface area contributed by atoms with Crippen molar-refractivity contribution in [3.05, 3.63) is 23.3 Å². The van der Waals surface area contributed by atoms with Crippen molar-refractivity contribution in [2.24, 2.45) is 5.14 Å². The molecule has 1 aliphatic heterocycles. The van der Waals surface area contributed by atoms with Crippen LogP contribution in [0.2, 0.25) is 0 Å². The third-order valence-corrected chi connectivity index (χ3v) is 3.23. The molecule has 1 atom stereocenters. The zero-order chi connectivity index (χ0) is 12.6. The maximum Gasteiger partial charge on any atom is 0.408 e. The molecule has 1 heterocycles. The van der Waals surface area contributed by atoms with Crippen molar-refractivity contribution in [3.8, 4) is 0 Å². The van der Waals surface area contributed by atoms with Gasteiger partial charge < -0.3 is 4.90 Å². The minimum absolute atomic E-state index is 0.230. The lowest BCUT2D eigenvalue weighted by molar-refractivity contribution is -0.171. The quantitative estimate of drug-likeness (QED) is 0.799. The summed E-state index contributed by atoms with van der Waals surface area (Å²) in [5, 5.41) is 4.84. The minimum atomic E-state index is -4.41. The molecule has 0 aromatic heterocycles. The summed E-state index contributed by atoms with van der Waals surface area (Å²) in [6.45, 7) is 0.590. The summed E-state index contributed by atoms with van der Waals surface area (Å²) in [6.07, 6.45) is -0.807. The Balaban J connectivity index is 2.86. The Kier molecular flexibility index (Phi) is 3.34. The molecule has 8 heteroatoms. The second-order valence-corrected chi connectivity index (χ2v) is 5.02. The Morgan fingerprint density at radius 1 is 1.50 bits per heavy atom. The number of rotatable bonds is 2. The topological polar surface area (TPSA) is 63.4 Å². The molecule has 0 aromatic carbocycles. The van der Waals surface area contributed by atoms with Crippen LogP contribution in [-0.4, -0.2) is 32.1 Å². The number of hydrogen-bond acceptors (Lipinski definition) is 3. The van der Waals surface area contributed by atoms with Gasteiger partial charge in [0.15, 0.2) is 0 Å². The summed E-state index contributed by atoms with van der Waals surface area (Å²) in [5.74, 6) is 0. The number of sulfonamides is 1. The van der Waals surface area contributed by atoms with Crippen LogP contribution in [0.25, 0.3) is 0 Å². The van der Waals surface area contributed by atoms with Crippen molar-refractivity contribution >= 4 is 10.0 Å². The lowest BCUT2D eigenvalue weighted by atomic mass is 10.2. The molecule has 0 aliphatic carbocycles. The Labute approximate surface area is 91.3 Å². The van der Waals surface area contributed by atoms with Crippen LogP contribution in [0, 0.1) is 0 Å². The standard InChI is InChI=1S/C8H11F3N2O2S/c1-6(8(9,10)11)13-4-2-3-7(5-13)16(12,14)15/h2-4,6H,5H2,1H3,(H2,12,14,15). The first-order valence-corrected chi connectivity index (χ1v) is 5.89. The van der Waals surface area contributed by atoms with E-state index in [-0.39, 0.29) is 11.4 Å². The van der Waals surface area contributed by atoms with E-state index in [1.807, 2.05) is 0 Å². The molecule has 16 heavy (non-hydrogen) atoms. The van der Waals surface area contributed by atoms with Crippen molar-refractivity contribution < 1.29 is 21.6 Å². The Bertz CT molecular complexity index is 425. The minimum Gasteiger partial charge on any atom is -0.361 e. The second kappa shape index (κ2) is 4.10. The molecule has 92 valence electrons. The zero-order valence-corrected chi connectivity index (χ0v) is 9.22. The highest BCUT2D eigenvalue weighted by Crippen LogP contribution is 2.26. The van der Waals surface area contributed by atoms with E-state index < -0.39 is 22.2 Å². The number of alkyl halides is 3. The van der Waals surface area contributed by atoms with Gasteiger partial charge in [0.1, 0.15) is 6.04 Å². The molecule has 2 N–H and O–H groups in total. The van der Waals surface area contributed by atoms with Crippen LogP contribution in [-0.2, 0) is 10.0 Å². The maximum atomic E-state index is 12.4. The number of allylic oxidation sites excluding steroid dienone is 2. The van der Waals surface area contributed by atoms with Crippen LogP contribution >= 0.6 is 0 Å². The van der Waals surface area contributed by atoms with Gasteiger partial charge in [-0.3, -0.25) is 0 Å². The van der Waals surface area contributed by atoms with E-state index in [0.29, 0.717) is 0 Å². The van der Waals surface area contributed by atoms with E-state index in [1.165, 1.54) is 18.4 Å². The van der Waals surface area contributed by atoms with Crippen molar-refractivity contribution in [3.63, 3.8) is 0 Å². The van der Waals surface area contributed by atoms with Gasteiger partial charge in [0.2, 0.25) is 10.0 Å². The predicted octanol–water partition coefficient (Wildman–Crippen LogP) is 0.939. The van der Waals surface area contributed by atoms with Crippen LogP contribution in [0.3, 0.4) is 0 Å². The monoisotopic (exact) mass is 256 g/mol. The van der Waals surface area contributed by atoms with Crippen LogP contribution < -0.4 is 5.14 Å². The van der Waals surface area contributed by atoms with Gasteiger partial charge in [-0.1, -0.05) is 0 Å². The molecule has 1 aliphatic rings. The van der Waals surface area contributed by atoms with Gasteiger partial charge in [0, 0.05) is 6.20 Å². The fraction of sp³-hybridized carbons (Fsp3) is 0.500. The number of primary sulfonamides is 1. The lowest BCUT2D eigenvalue weighted by Gasteiger charge is -2.31. The van der Waals surface area contributed by atoms with Gasteiger partial charge in [-0.05, 0) is 19.1 Å². The normalized spacial score (nSPS) is 19.6. The molecule has 0 saturated heterocycles. The van der Waals surface area contributed by atoms with Crippen molar-refractivity contribution in [1.82, 2.24) is 4.90 Å². The molecule has 0 amide bonds. The van der Waals surface area contributed by atoms with E-state index in [1.54, 1.807) is 0 Å². The molecule has 0 aromatic rings. The summed E-state index contributed by atoms with van der Waals surface area (Å²) < 4.78 is 59.1. The Hall–Kier alpha value is -1.02. The number of hydrogen-bond donors (Lipinski definition) is 1. The summed E-state index contributed by atoms with van der Waals surface area (Å²) in [4.78, 5) is 0.644. The molecular formula is C8H11F3N2O2S. The van der Waals surface area contributed by atoms with Gasteiger partial charge in [0.25, 0.3) is 0 Å². The van der Waals surface area contributed by atoms with Gasteiger partial charge in [-0.2, -0.15) is 13.2 Å². The molecule has 0 spiro atoms. The first-order valence-electron chi connectivity index (χ1n) is 4.35. The SMILES string of the molecule is CC(N1C=CC=C(S(N)(=O)=O)C1)C(F)(F)F. The third kappa shape index (κ3) is 2.99. The third-order valence-electron chi connectivity index (χ3n) is 2.23. The second-order valence-electron chi connectivity index (χ2n) is 3.41. The average Bonchev–Trinajstić information content (AvgIpc) is 2.14. The van der Waals surface area contributed by atoms with Crippen molar-refractivity contribution in [2.75, 3.05) is 6.54 Å². The fourth-order valence-corrected chi connectivity index (χ4v) is 1.78. The van der Waals surface area contributed by atoms with Crippen molar-refractivity contribution in [1.29, 1.82) is 0 Å². The van der Waals surface area contributed by atoms with E-state index in [0.717, 1.165) is 11.8 Å². The average molecular weight is 256 g/mol. The molecule has 4 nitrogen and oxygen atoms in total. The molecule has 0 radical (unpaired) electrons. The highest BCUT2D eigenvalue weighted by molar-refractivity contribution is 7.93. The van der Waals surface area contributed by atoms with Crippen LogP contribution in [0.1, 0.15) is 6.92 Å².